The Bertz CT molecular complexity index is 1070. The van der Waals surface area contributed by atoms with Gasteiger partial charge in [-0.3, -0.25) is 0 Å². The Balaban J connectivity index is 1.62. The van der Waals surface area contributed by atoms with Crippen LogP contribution < -0.4 is 11.1 Å². The quantitative estimate of drug-likeness (QED) is 0.570. The fourth-order valence-electron chi connectivity index (χ4n) is 3.70. The van der Waals surface area contributed by atoms with Crippen LogP contribution in [0.25, 0.3) is 22.3 Å². The van der Waals surface area contributed by atoms with Gasteiger partial charge in [0.2, 0.25) is 0 Å². The Labute approximate surface area is 149 Å². The number of pyridine rings is 1. The lowest BCUT2D eigenvalue weighted by Crippen LogP contribution is -2.30. The maximum absolute atomic E-state index is 5.91. The normalized spacial score (nSPS) is 15.8. The minimum atomic E-state index is 0.389. The summed E-state index contributed by atoms with van der Waals surface area (Å²) in [4.78, 5) is 22.1. The molecule has 26 heavy (non-hydrogen) atoms. The summed E-state index contributed by atoms with van der Waals surface area (Å²) in [6.07, 6.45) is 7.16. The molecule has 4 aromatic rings. The highest BCUT2D eigenvalue weighted by atomic mass is 15.2. The number of rotatable bonds is 3. The Hall–Kier alpha value is -3.07. The molecule has 0 saturated carbocycles. The zero-order chi connectivity index (χ0) is 17.5. The Morgan fingerprint density at radius 2 is 2.00 bits per heavy atom. The van der Waals surface area contributed by atoms with Gasteiger partial charge in [0.15, 0.2) is 17.1 Å². The number of hydrogen-bond donors (Lipinski definition) is 2. The number of aromatic nitrogens is 7. The predicted octanol–water partition coefficient (Wildman–Crippen LogP) is 1.13. The van der Waals surface area contributed by atoms with E-state index in [0.717, 1.165) is 48.6 Å². The van der Waals surface area contributed by atoms with Crippen molar-refractivity contribution in [3.05, 3.63) is 36.8 Å². The number of imidazole rings is 2. The molecule has 0 radical (unpaired) electrons. The first-order valence-corrected chi connectivity index (χ1v) is 8.75. The second-order valence-corrected chi connectivity index (χ2v) is 6.53. The van der Waals surface area contributed by atoms with Crippen LogP contribution in [0, 0.1) is 0 Å². The fourth-order valence-corrected chi connectivity index (χ4v) is 3.70. The second kappa shape index (κ2) is 6.03. The maximum Gasteiger partial charge on any atom is 0.165 e. The summed E-state index contributed by atoms with van der Waals surface area (Å²) in [5, 5.41) is 3.42. The Kier molecular flexibility index (Phi) is 3.52. The van der Waals surface area contributed by atoms with E-state index in [1.165, 1.54) is 6.33 Å². The number of nitrogen functional groups attached to an aromatic ring is 1. The molecule has 0 atom stereocenters. The van der Waals surface area contributed by atoms with Gasteiger partial charge in [-0.1, -0.05) is 0 Å². The Morgan fingerprint density at radius 1 is 1.12 bits per heavy atom. The number of hydrogen-bond acceptors (Lipinski definition) is 7. The van der Waals surface area contributed by atoms with Gasteiger partial charge in [-0.15, -0.1) is 0 Å². The van der Waals surface area contributed by atoms with Gasteiger partial charge in [-0.05, 0) is 38.1 Å². The van der Waals surface area contributed by atoms with E-state index in [0.29, 0.717) is 23.9 Å². The average molecular weight is 349 g/mol. The van der Waals surface area contributed by atoms with Crippen molar-refractivity contribution < 1.29 is 0 Å². The summed E-state index contributed by atoms with van der Waals surface area (Å²) in [5.74, 6) is 1.35. The molecule has 0 bridgehead atoms. The lowest BCUT2D eigenvalue weighted by Gasteiger charge is -2.26. The molecular formula is C17H19N9. The molecule has 1 saturated heterocycles. The van der Waals surface area contributed by atoms with Crippen LogP contribution in [-0.4, -0.2) is 47.1 Å². The highest BCUT2D eigenvalue weighted by Gasteiger charge is 2.22. The van der Waals surface area contributed by atoms with Crippen LogP contribution in [0.4, 0.5) is 5.82 Å². The van der Waals surface area contributed by atoms with Crippen LogP contribution >= 0.6 is 0 Å². The van der Waals surface area contributed by atoms with E-state index < -0.39 is 0 Å². The summed E-state index contributed by atoms with van der Waals surface area (Å²) < 4.78 is 4.25. The van der Waals surface area contributed by atoms with Crippen molar-refractivity contribution in [3.8, 4) is 0 Å². The van der Waals surface area contributed by atoms with Crippen molar-refractivity contribution in [2.24, 2.45) is 0 Å². The van der Waals surface area contributed by atoms with E-state index >= 15 is 0 Å². The smallest absolute Gasteiger partial charge is 0.165 e. The van der Waals surface area contributed by atoms with Crippen LogP contribution in [-0.2, 0) is 6.54 Å². The van der Waals surface area contributed by atoms with Gasteiger partial charge in [0.1, 0.15) is 23.2 Å². The molecule has 0 spiro atoms. The van der Waals surface area contributed by atoms with Crippen LogP contribution in [0.2, 0.25) is 0 Å². The number of piperidine rings is 1. The van der Waals surface area contributed by atoms with Crippen molar-refractivity contribution >= 4 is 28.1 Å². The van der Waals surface area contributed by atoms with Crippen LogP contribution in [0.1, 0.15) is 24.7 Å². The first kappa shape index (κ1) is 15.2. The molecule has 4 aromatic heterocycles. The van der Waals surface area contributed by atoms with E-state index in [1.807, 2.05) is 22.9 Å². The van der Waals surface area contributed by atoms with Crippen molar-refractivity contribution in [1.29, 1.82) is 0 Å². The van der Waals surface area contributed by atoms with Crippen molar-refractivity contribution in [2.75, 3.05) is 18.8 Å². The van der Waals surface area contributed by atoms with Crippen molar-refractivity contribution in [3.63, 3.8) is 0 Å². The van der Waals surface area contributed by atoms with Crippen LogP contribution in [0.3, 0.4) is 0 Å². The lowest BCUT2D eigenvalue weighted by atomic mass is 10.1. The summed E-state index contributed by atoms with van der Waals surface area (Å²) in [6, 6.07) is 4.32. The lowest BCUT2D eigenvalue weighted by molar-refractivity contribution is 0.364. The third kappa shape index (κ3) is 2.39. The van der Waals surface area contributed by atoms with E-state index in [-0.39, 0.29) is 0 Å². The number of fused-ring (bicyclic) bond motifs is 2. The van der Waals surface area contributed by atoms with Gasteiger partial charge >= 0.3 is 0 Å². The summed E-state index contributed by atoms with van der Waals surface area (Å²) in [5.41, 5.74) is 9.10. The predicted molar refractivity (Wildman–Crippen MR) is 97.5 cm³/mol. The zero-order valence-electron chi connectivity index (χ0n) is 14.2. The van der Waals surface area contributed by atoms with E-state index in [4.69, 9.17) is 10.7 Å². The molecule has 0 aromatic carbocycles. The van der Waals surface area contributed by atoms with Gasteiger partial charge in [0.25, 0.3) is 0 Å². The third-order valence-electron chi connectivity index (χ3n) is 4.94. The second-order valence-electron chi connectivity index (χ2n) is 6.53. The molecular weight excluding hydrogens is 330 g/mol. The first-order chi connectivity index (χ1) is 12.8. The first-order valence-electron chi connectivity index (χ1n) is 8.75. The topological polar surface area (TPSA) is 112 Å². The Morgan fingerprint density at radius 3 is 2.88 bits per heavy atom. The van der Waals surface area contributed by atoms with Gasteiger partial charge in [0, 0.05) is 12.2 Å². The molecule has 0 aliphatic carbocycles. The minimum Gasteiger partial charge on any atom is -0.382 e. The molecule has 1 aliphatic heterocycles. The van der Waals surface area contributed by atoms with E-state index in [1.54, 1.807) is 6.33 Å². The van der Waals surface area contributed by atoms with Gasteiger partial charge in [0.05, 0.1) is 12.9 Å². The summed E-state index contributed by atoms with van der Waals surface area (Å²) in [6.45, 7) is 2.58. The van der Waals surface area contributed by atoms with Gasteiger partial charge in [-0.25, -0.2) is 24.9 Å². The molecule has 0 unspecified atom stereocenters. The molecule has 0 amide bonds. The third-order valence-corrected chi connectivity index (χ3v) is 4.94. The van der Waals surface area contributed by atoms with Crippen molar-refractivity contribution in [1.82, 2.24) is 39.4 Å². The highest BCUT2D eigenvalue weighted by Crippen LogP contribution is 2.26. The molecule has 3 N–H and O–H groups in total. The van der Waals surface area contributed by atoms with E-state index in [9.17, 15) is 0 Å². The fraction of sp³-hybridized carbons (Fsp3) is 0.353. The highest BCUT2D eigenvalue weighted by molar-refractivity contribution is 5.81. The SMILES string of the molecule is Nc1ncnc2c1ncn2Cc1nc2cccnc2n1C1CCNCC1. The zero-order valence-corrected chi connectivity index (χ0v) is 14.2. The van der Waals surface area contributed by atoms with Crippen LogP contribution in [0.15, 0.2) is 31.0 Å². The molecule has 9 heteroatoms. The number of nitrogens with zero attached hydrogens (tertiary/aromatic N) is 7. The number of nitrogens with two attached hydrogens (primary N) is 1. The van der Waals surface area contributed by atoms with E-state index in [2.05, 4.69) is 29.8 Å². The summed E-state index contributed by atoms with van der Waals surface area (Å²) in [7, 11) is 0. The molecule has 9 nitrogen and oxygen atoms in total. The standard InChI is InChI=1S/C17H19N9/c18-15-14-17(22-9-21-15)25(10-23-14)8-13-24-12-2-1-5-20-16(12)26(13)11-3-6-19-7-4-11/h1-2,5,9-11,19H,3-4,6-8H2,(H2,18,21,22). The molecule has 1 aliphatic rings. The number of anilines is 1. The van der Waals surface area contributed by atoms with Gasteiger partial charge in [-0.2, -0.15) is 0 Å². The average Bonchev–Trinajstić information content (AvgIpc) is 3.25. The van der Waals surface area contributed by atoms with Gasteiger partial charge < -0.3 is 20.2 Å². The minimum absolute atomic E-state index is 0.389. The largest absolute Gasteiger partial charge is 0.382 e. The molecule has 1 fully saturated rings. The van der Waals surface area contributed by atoms with Crippen molar-refractivity contribution in [2.45, 2.75) is 25.4 Å². The molecule has 5 rings (SSSR count). The monoisotopic (exact) mass is 349 g/mol. The summed E-state index contributed by atoms with van der Waals surface area (Å²) >= 11 is 0. The van der Waals surface area contributed by atoms with Crippen LogP contribution in [0.5, 0.6) is 0 Å². The number of nitrogens with one attached hydrogen (secondary N) is 1. The maximum atomic E-state index is 5.91. The molecule has 132 valence electrons. The molecule has 5 heterocycles.